The van der Waals surface area contributed by atoms with Crippen LogP contribution in [0.15, 0.2) is 18.2 Å². The summed E-state index contributed by atoms with van der Waals surface area (Å²) < 4.78 is 20.9. The highest BCUT2D eigenvalue weighted by molar-refractivity contribution is 5.83. The Morgan fingerprint density at radius 1 is 1.33 bits per heavy atom. The first-order chi connectivity index (χ1) is 7.13. The molecule has 0 aliphatic rings. The second kappa shape index (κ2) is 3.57. The van der Waals surface area contributed by atoms with Crippen molar-refractivity contribution >= 4 is 10.9 Å². The molecule has 1 heterocycles. The number of nitrogens with zero attached hydrogens (tertiary/aromatic N) is 1. The van der Waals surface area contributed by atoms with E-state index in [1.807, 2.05) is 37.6 Å². The molecule has 0 atom stereocenters. The zero-order chi connectivity index (χ0) is 11.0. The van der Waals surface area contributed by atoms with E-state index in [0.29, 0.717) is 17.9 Å². The average Bonchev–Trinajstić information content (AvgIpc) is 2.43. The van der Waals surface area contributed by atoms with Gasteiger partial charge in [-0.2, -0.15) is 0 Å². The molecule has 80 valence electrons. The van der Waals surface area contributed by atoms with Crippen molar-refractivity contribution in [2.75, 3.05) is 6.61 Å². The highest BCUT2D eigenvalue weighted by Gasteiger charge is 2.09. The topological polar surface area (TPSA) is 14.2 Å². The Labute approximate surface area is 88.3 Å². The molecule has 2 rings (SSSR count). The minimum Gasteiger partial charge on any atom is -0.494 e. The maximum absolute atomic E-state index is 13.7. The first-order valence-corrected chi connectivity index (χ1v) is 5.02. The summed E-state index contributed by atoms with van der Waals surface area (Å²) in [5, 5.41) is 0.887. The van der Waals surface area contributed by atoms with Gasteiger partial charge in [-0.25, -0.2) is 4.39 Å². The molecule has 0 amide bonds. The smallest absolute Gasteiger partial charge is 0.151 e. The predicted octanol–water partition coefficient (Wildman–Crippen LogP) is 3.02. The molecule has 0 fully saturated rings. The van der Waals surface area contributed by atoms with E-state index < -0.39 is 0 Å². The summed E-state index contributed by atoms with van der Waals surface area (Å²) >= 11 is 0. The van der Waals surface area contributed by atoms with E-state index in [1.54, 1.807) is 0 Å². The Bertz CT molecular complexity index is 502. The van der Waals surface area contributed by atoms with E-state index in [-0.39, 0.29) is 5.82 Å². The van der Waals surface area contributed by atoms with Crippen LogP contribution in [0, 0.1) is 12.7 Å². The van der Waals surface area contributed by atoms with Crippen LogP contribution in [0.1, 0.15) is 12.6 Å². The molecule has 0 aliphatic carbocycles. The number of ether oxygens (including phenoxy) is 1. The van der Waals surface area contributed by atoms with Gasteiger partial charge in [0.2, 0.25) is 0 Å². The third kappa shape index (κ3) is 1.58. The molecule has 1 aromatic heterocycles. The third-order valence-electron chi connectivity index (χ3n) is 2.61. The first kappa shape index (κ1) is 10.0. The predicted molar refractivity (Wildman–Crippen MR) is 58.8 cm³/mol. The molecule has 0 unspecified atom stereocenters. The maximum Gasteiger partial charge on any atom is 0.151 e. The number of hydrogen-bond donors (Lipinski definition) is 0. The number of aromatic nitrogens is 1. The Kier molecular flexibility index (Phi) is 2.39. The van der Waals surface area contributed by atoms with Gasteiger partial charge in [-0.15, -0.1) is 0 Å². The van der Waals surface area contributed by atoms with E-state index in [0.717, 1.165) is 11.1 Å². The third-order valence-corrected chi connectivity index (χ3v) is 2.61. The SMILES string of the molecule is CCOc1cc(F)c2c(c1)cc(C)n2C. The maximum atomic E-state index is 13.7. The molecule has 15 heavy (non-hydrogen) atoms. The molecule has 0 aliphatic heterocycles. The first-order valence-electron chi connectivity index (χ1n) is 5.02. The van der Waals surface area contributed by atoms with Crippen molar-refractivity contribution in [3.05, 3.63) is 29.7 Å². The fourth-order valence-corrected chi connectivity index (χ4v) is 1.81. The normalized spacial score (nSPS) is 10.9. The van der Waals surface area contributed by atoms with Crippen LogP contribution in [0.2, 0.25) is 0 Å². The summed E-state index contributed by atoms with van der Waals surface area (Å²) in [5.74, 6) is 0.361. The zero-order valence-corrected chi connectivity index (χ0v) is 9.17. The molecule has 0 radical (unpaired) electrons. The fraction of sp³-hybridized carbons (Fsp3) is 0.333. The van der Waals surface area contributed by atoms with Gasteiger partial charge in [0.25, 0.3) is 0 Å². The van der Waals surface area contributed by atoms with E-state index in [2.05, 4.69) is 0 Å². The summed E-state index contributed by atoms with van der Waals surface area (Å²) in [4.78, 5) is 0. The van der Waals surface area contributed by atoms with Gasteiger partial charge < -0.3 is 9.30 Å². The molecule has 0 N–H and O–H groups in total. The number of benzene rings is 1. The molecular weight excluding hydrogens is 193 g/mol. The van der Waals surface area contributed by atoms with E-state index in [4.69, 9.17) is 4.74 Å². The Morgan fingerprint density at radius 2 is 2.07 bits per heavy atom. The van der Waals surface area contributed by atoms with Crippen molar-refractivity contribution in [1.82, 2.24) is 4.57 Å². The molecule has 2 nitrogen and oxygen atoms in total. The van der Waals surface area contributed by atoms with Crippen molar-refractivity contribution < 1.29 is 9.13 Å². The number of fused-ring (bicyclic) bond motifs is 1. The molecule has 1 aromatic carbocycles. The lowest BCUT2D eigenvalue weighted by atomic mass is 10.2. The summed E-state index contributed by atoms with van der Waals surface area (Å²) in [6, 6.07) is 5.26. The highest BCUT2D eigenvalue weighted by Crippen LogP contribution is 2.26. The molecule has 0 saturated heterocycles. The zero-order valence-electron chi connectivity index (χ0n) is 9.17. The number of hydrogen-bond acceptors (Lipinski definition) is 1. The second-order valence-electron chi connectivity index (χ2n) is 3.62. The van der Waals surface area contributed by atoms with Crippen LogP contribution in [-0.2, 0) is 7.05 Å². The molecular formula is C12H14FNO. The van der Waals surface area contributed by atoms with Gasteiger partial charge in [0.15, 0.2) is 5.82 Å². The van der Waals surface area contributed by atoms with Gasteiger partial charge in [-0.05, 0) is 26.0 Å². The summed E-state index contributed by atoms with van der Waals surface area (Å²) in [5.41, 5.74) is 1.67. The molecule has 0 spiro atoms. The number of aryl methyl sites for hydroxylation is 2. The van der Waals surface area contributed by atoms with Crippen molar-refractivity contribution in [3.63, 3.8) is 0 Å². The van der Waals surface area contributed by atoms with Crippen LogP contribution in [0.4, 0.5) is 4.39 Å². The lowest BCUT2D eigenvalue weighted by molar-refractivity contribution is 0.339. The standard InChI is InChI=1S/C12H14FNO/c1-4-15-10-6-9-5-8(2)14(3)12(9)11(13)7-10/h5-7H,4H2,1-3H3. The van der Waals surface area contributed by atoms with Gasteiger partial charge in [0.05, 0.1) is 12.1 Å². The van der Waals surface area contributed by atoms with Crippen LogP contribution in [0.25, 0.3) is 10.9 Å². The summed E-state index contributed by atoms with van der Waals surface area (Å²) in [6.45, 7) is 4.40. The summed E-state index contributed by atoms with van der Waals surface area (Å²) in [7, 11) is 1.86. The van der Waals surface area contributed by atoms with Gasteiger partial charge >= 0.3 is 0 Å². The average molecular weight is 207 g/mol. The molecule has 0 bridgehead atoms. The van der Waals surface area contributed by atoms with Crippen LogP contribution in [-0.4, -0.2) is 11.2 Å². The monoisotopic (exact) mass is 207 g/mol. The van der Waals surface area contributed by atoms with Crippen molar-refractivity contribution in [3.8, 4) is 5.75 Å². The summed E-state index contributed by atoms with van der Waals surface area (Å²) in [6.07, 6.45) is 0. The Morgan fingerprint density at radius 3 is 2.73 bits per heavy atom. The minimum absolute atomic E-state index is 0.230. The largest absolute Gasteiger partial charge is 0.494 e. The quantitative estimate of drug-likeness (QED) is 0.738. The number of halogens is 1. The fourth-order valence-electron chi connectivity index (χ4n) is 1.81. The molecule has 3 heteroatoms. The van der Waals surface area contributed by atoms with Gasteiger partial charge in [0, 0.05) is 24.2 Å². The van der Waals surface area contributed by atoms with Gasteiger partial charge in [0.1, 0.15) is 5.75 Å². The van der Waals surface area contributed by atoms with Crippen molar-refractivity contribution in [2.24, 2.45) is 7.05 Å². The lowest BCUT2D eigenvalue weighted by Crippen LogP contribution is -1.95. The van der Waals surface area contributed by atoms with Crippen LogP contribution >= 0.6 is 0 Å². The van der Waals surface area contributed by atoms with E-state index >= 15 is 0 Å². The van der Waals surface area contributed by atoms with Crippen LogP contribution in [0.5, 0.6) is 5.75 Å². The van der Waals surface area contributed by atoms with Crippen LogP contribution < -0.4 is 4.74 Å². The highest BCUT2D eigenvalue weighted by atomic mass is 19.1. The molecule has 0 saturated carbocycles. The number of rotatable bonds is 2. The molecule has 2 aromatic rings. The minimum atomic E-state index is -0.230. The van der Waals surface area contributed by atoms with Crippen LogP contribution in [0.3, 0.4) is 0 Å². The van der Waals surface area contributed by atoms with E-state index in [1.165, 1.54) is 6.07 Å². The van der Waals surface area contributed by atoms with Gasteiger partial charge in [-0.1, -0.05) is 0 Å². The lowest BCUT2D eigenvalue weighted by Gasteiger charge is -2.05. The Hall–Kier alpha value is -1.51. The van der Waals surface area contributed by atoms with Crippen molar-refractivity contribution in [2.45, 2.75) is 13.8 Å². The van der Waals surface area contributed by atoms with Crippen molar-refractivity contribution in [1.29, 1.82) is 0 Å². The Balaban J connectivity index is 2.67. The second-order valence-corrected chi connectivity index (χ2v) is 3.62. The van der Waals surface area contributed by atoms with Gasteiger partial charge in [-0.3, -0.25) is 0 Å². The van der Waals surface area contributed by atoms with E-state index in [9.17, 15) is 4.39 Å².